The maximum Gasteiger partial charge on any atom is 0.243 e. The number of rotatable bonds is 5. The molecule has 1 saturated heterocycles. The molecule has 0 aromatic heterocycles. The van der Waals surface area contributed by atoms with E-state index in [0.717, 1.165) is 24.1 Å². The molecule has 2 aromatic carbocycles. The summed E-state index contributed by atoms with van der Waals surface area (Å²) in [4.78, 5) is 12.7. The molecule has 0 unspecified atom stereocenters. The number of benzene rings is 2. The molecule has 0 bridgehead atoms. The Balaban J connectivity index is 1.76. The summed E-state index contributed by atoms with van der Waals surface area (Å²) in [5.74, 6) is -0.174. The number of hydrogen-bond acceptors (Lipinski definition) is 3. The van der Waals surface area contributed by atoms with Crippen LogP contribution in [0.4, 0.5) is 5.69 Å². The van der Waals surface area contributed by atoms with Gasteiger partial charge >= 0.3 is 0 Å². The quantitative estimate of drug-likeness (QED) is 0.808. The minimum atomic E-state index is -3.66. The third-order valence-corrected chi connectivity index (χ3v) is 7.05. The van der Waals surface area contributed by atoms with Crippen molar-refractivity contribution in [1.29, 1.82) is 0 Å². The second kappa shape index (κ2) is 8.42. The lowest BCUT2D eigenvalue weighted by Crippen LogP contribution is -2.45. The number of amides is 1. The number of sulfonamides is 1. The Morgan fingerprint density at radius 1 is 1.15 bits per heavy atom. The van der Waals surface area contributed by atoms with Gasteiger partial charge in [0.15, 0.2) is 0 Å². The molecule has 2 aromatic rings. The van der Waals surface area contributed by atoms with Crippen molar-refractivity contribution in [3.8, 4) is 0 Å². The third-order valence-electron chi connectivity index (χ3n) is 4.83. The number of nitrogens with zero attached hydrogens (tertiary/aromatic N) is 1. The lowest BCUT2D eigenvalue weighted by atomic mass is 10.0. The van der Waals surface area contributed by atoms with E-state index in [2.05, 4.69) is 5.32 Å². The van der Waals surface area contributed by atoms with Crippen LogP contribution >= 0.6 is 11.6 Å². The fourth-order valence-corrected chi connectivity index (χ4v) is 5.18. The van der Waals surface area contributed by atoms with E-state index in [0.29, 0.717) is 18.0 Å². The number of anilines is 1. The zero-order valence-corrected chi connectivity index (χ0v) is 16.8. The Labute approximate surface area is 165 Å². The number of carbonyl (C=O) groups is 1. The van der Waals surface area contributed by atoms with E-state index in [4.69, 9.17) is 11.6 Å². The Kier molecular flexibility index (Phi) is 6.19. The highest BCUT2D eigenvalue weighted by atomic mass is 35.5. The van der Waals surface area contributed by atoms with E-state index < -0.39 is 10.0 Å². The molecule has 27 heavy (non-hydrogen) atoms. The second-order valence-electron chi connectivity index (χ2n) is 6.79. The van der Waals surface area contributed by atoms with Gasteiger partial charge in [0.2, 0.25) is 15.9 Å². The minimum absolute atomic E-state index is 0.140. The predicted octanol–water partition coefficient (Wildman–Crippen LogP) is 4.22. The van der Waals surface area contributed by atoms with Crippen molar-refractivity contribution >= 4 is 33.2 Å². The normalized spacial score (nSPS) is 18.2. The van der Waals surface area contributed by atoms with Crippen LogP contribution in [0.3, 0.4) is 0 Å². The average molecular weight is 407 g/mol. The van der Waals surface area contributed by atoms with E-state index in [9.17, 15) is 13.2 Å². The average Bonchev–Trinajstić information content (AvgIpc) is 2.64. The molecule has 1 heterocycles. The molecule has 7 heteroatoms. The van der Waals surface area contributed by atoms with E-state index in [1.165, 1.54) is 16.4 Å². The molecule has 1 aliphatic rings. The van der Waals surface area contributed by atoms with Gasteiger partial charge in [-0.05, 0) is 55.7 Å². The number of aryl methyl sites for hydroxylation is 1. The summed E-state index contributed by atoms with van der Waals surface area (Å²) in [7, 11) is -3.66. The zero-order chi connectivity index (χ0) is 19.4. The van der Waals surface area contributed by atoms with Crippen molar-refractivity contribution in [1.82, 2.24) is 4.31 Å². The van der Waals surface area contributed by atoms with Gasteiger partial charge in [0.1, 0.15) is 0 Å². The fourth-order valence-electron chi connectivity index (χ4n) is 3.36. The lowest BCUT2D eigenvalue weighted by molar-refractivity contribution is -0.117. The third kappa shape index (κ3) is 4.69. The van der Waals surface area contributed by atoms with Crippen molar-refractivity contribution < 1.29 is 13.2 Å². The first-order valence-electron chi connectivity index (χ1n) is 9.01. The Bertz CT molecular complexity index is 913. The largest absolute Gasteiger partial charge is 0.326 e. The molecule has 1 N–H and O–H groups in total. The molecule has 1 aliphatic heterocycles. The second-order valence-corrected chi connectivity index (χ2v) is 9.11. The maximum absolute atomic E-state index is 13.1. The Morgan fingerprint density at radius 2 is 1.85 bits per heavy atom. The molecule has 1 atom stereocenters. The topological polar surface area (TPSA) is 66.5 Å². The van der Waals surface area contributed by atoms with E-state index in [1.807, 2.05) is 31.2 Å². The molecule has 0 saturated carbocycles. The summed E-state index contributed by atoms with van der Waals surface area (Å²) < 4.78 is 27.6. The van der Waals surface area contributed by atoms with Crippen molar-refractivity contribution in [2.45, 2.75) is 43.5 Å². The van der Waals surface area contributed by atoms with Gasteiger partial charge in [-0.2, -0.15) is 4.31 Å². The summed E-state index contributed by atoms with van der Waals surface area (Å²) >= 11 is 5.87. The highest BCUT2D eigenvalue weighted by molar-refractivity contribution is 7.89. The van der Waals surface area contributed by atoms with Gasteiger partial charge in [-0.15, -0.1) is 0 Å². The minimum Gasteiger partial charge on any atom is -0.326 e. The molecule has 1 amide bonds. The number of nitrogens with one attached hydrogen (secondary N) is 1. The van der Waals surface area contributed by atoms with Gasteiger partial charge in [-0.25, -0.2) is 8.42 Å². The van der Waals surface area contributed by atoms with Crippen LogP contribution in [0.15, 0.2) is 53.4 Å². The van der Waals surface area contributed by atoms with Crippen LogP contribution in [0.1, 0.15) is 31.2 Å². The van der Waals surface area contributed by atoms with Crippen LogP contribution in [0.25, 0.3) is 0 Å². The van der Waals surface area contributed by atoms with Crippen molar-refractivity contribution in [2.75, 3.05) is 11.9 Å². The van der Waals surface area contributed by atoms with Gasteiger partial charge in [0, 0.05) is 29.7 Å². The van der Waals surface area contributed by atoms with Crippen LogP contribution in [0.5, 0.6) is 0 Å². The van der Waals surface area contributed by atoms with Crippen molar-refractivity contribution in [3.63, 3.8) is 0 Å². The van der Waals surface area contributed by atoms with Crippen LogP contribution in [0, 0.1) is 6.92 Å². The summed E-state index contributed by atoms with van der Waals surface area (Å²) in [5.41, 5.74) is 1.73. The molecular formula is C20H23ClN2O3S. The number of carbonyl (C=O) groups excluding carboxylic acids is 1. The lowest BCUT2D eigenvalue weighted by Gasteiger charge is -2.34. The Hall–Kier alpha value is -1.89. The maximum atomic E-state index is 13.1. The first-order valence-corrected chi connectivity index (χ1v) is 10.8. The van der Waals surface area contributed by atoms with Gasteiger partial charge in [0.25, 0.3) is 0 Å². The first-order chi connectivity index (χ1) is 12.9. The SMILES string of the molecule is Cc1ccccc1NC(=O)C[C@H]1CCCCN1S(=O)(=O)c1ccc(Cl)cc1. The number of halogens is 1. The summed E-state index contributed by atoms with van der Waals surface area (Å²) in [5, 5.41) is 3.39. The van der Waals surface area contributed by atoms with Crippen LogP contribution in [-0.2, 0) is 14.8 Å². The van der Waals surface area contributed by atoms with Crippen molar-refractivity contribution in [2.24, 2.45) is 0 Å². The number of hydrogen-bond donors (Lipinski definition) is 1. The van der Waals surface area contributed by atoms with Crippen molar-refractivity contribution in [3.05, 3.63) is 59.1 Å². The predicted molar refractivity (Wildman–Crippen MR) is 107 cm³/mol. The zero-order valence-electron chi connectivity index (χ0n) is 15.2. The number of para-hydroxylation sites is 1. The molecule has 144 valence electrons. The summed E-state index contributed by atoms with van der Waals surface area (Å²) in [6, 6.07) is 13.4. The Morgan fingerprint density at radius 3 is 2.56 bits per heavy atom. The van der Waals surface area contributed by atoms with Crippen LogP contribution in [-0.4, -0.2) is 31.2 Å². The van der Waals surface area contributed by atoms with Crippen LogP contribution < -0.4 is 5.32 Å². The van der Waals surface area contributed by atoms with E-state index in [1.54, 1.807) is 12.1 Å². The molecule has 0 aliphatic carbocycles. The van der Waals surface area contributed by atoms with Gasteiger partial charge in [-0.1, -0.05) is 36.2 Å². The monoisotopic (exact) mass is 406 g/mol. The summed E-state index contributed by atoms with van der Waals surface area (Å²) in [6.45, 7) is 2.35. The molecular weight excluding hydrogens is 384 g/mol. The highest BCUT2D eigenvalue weighted by Gasteiger charge is 2.34. The number of piperidine rings is 1. The van der Waals surface area contributed by atoms with Crippen LogP contribution in [0.2, 0.25) is 5.02 Å². The summed E-state index contributed by atoms with van der Waals surface area (Å²) in [6.07, 6.45) is 2.52. The molecule has 0 radical (unpaired) electrons. The molecule has 0 spiro atoms. The fraction of sp³-hybridized carbons (Fsp3) is 0.350. The van der Waals surface area contributed by atoms with Gasteiger partial charge < -0.3 is 5.32 Å². The first kappa shape index (κ1) is 19.9. The molecule has 1 fully saturated rings. The molecule has 5 nitrogen and oxygen atoms in total. The molecule has 3 rings (SSSR count). The smallest absolute Gasteiger partial charge is 0.243 e. The standard InChI is InChI=1S/C20H23ClN2O3S/c1-15-6-2-3-8-19(15)22-20(24)14-17-7-4-5-13-23(17)27(25,26)18-11-9-16(21)10-12-18/h2-3,6,8-12,17H,4-5,7,13-14H2,1H3,(H,22,24)/t17-/m1/s1. The highest BCUT2D eigenvalue weighted by Crippen LogP contribution is 2.28. The van der Waals surface area contributed by atoms with E-state index in [-0.39, 0.29) is 23.3 Å². The van der Waals surface area contributed by atoms with E-state index >= 15 is 0 Å². The van der Waals surface area contributed by atoms with Gasteiger partial charge in [-0.3, -0.25) is 4.79 Å². The van der Waals surface area contributed by atoms with Gasteiger partial charge in [0.05, 0.1) is 4.90 Å².